The van der Waals surface area contributed by atoms with Gasteiger partial charge in [-0.3, -0.25) is 9.69 Å². The van der Waals surface area contributed by atoms with Gasteiger partial charge in [-0.15, -0.1) is 0 Å². The summed E-state index contributed by atoms with van der Waals surface area (Å²) in [7, 11) is 0. The smallest absolute Gasteiger partial charge is 0.237 e. The second kappa shape index (κ2) is 9.42. The van der Waals surface area contributed by atoms with Gasteiger partial charge in [-0.25, -0.2) is 0 Å². The summed E-state index contributed by atoms with van der Waals surface area (Å²) in [5, 5.41) is 6.71. The minimum atomic E-state index is -0.0137. The van der Waals surface area contributed by atoms with Crippen LogP contribution < -0.4 is 10.6 Å². The second-order valence-electron chi connectivity index (χ2n) is 6.63. The Morgan fingerprint density at radius 2 is 2.00 bits per heavy atom. The number of amides is 1. The summed E-state index contributed by atoms with van der Waals surface area (Å²) >= 11 is 0. The molecule has 1 aliphatic rings. The van der Waals surface area contributed by atoms with Crippen molar-refractivity contribution in [1.82, 2.24) is 15.5 Å². The summed E-state index contributed by atoms with van der Waals surface area (Å²) in [5.74, 6) is 0.836. The van der Waals surface area contributed by atoms with Crippen molar-refractivity contribution in [1.29, 1.82) is 0 Å². The molecule has 124 valence electrons. The van der Waals surface area contributed by atoms with Gasteiger partial charge in [-0.2, -0.15) is 0 Å². The molecule has 0 saturated carbocycles. The molecule has 0 bridgehead atoms. The van der Waals surface area contributed by atoms with Crippen molar-refractivity contribution in [2.45, 2.75) is 78.4 Å². The van der Waals surface area contributed by atoms with E-state index < -0.39 is 0 Å². The van der Waals surface area contributed by atoms with E-state index in [-0.39, 0.29) is 18.0 Å². The highest BCUT2D eigenvalue weighted by Gasteiger charge is 2.29. The van der Waals surface area contributed by atoms with Gasteiger partial charge in [0.1, 0.15) is 0 Å². The Morgan fingerprint density at radius 3 is 2.62 bits per heavy atom. The Bertz CT molecular complexity index is 308. The summed E-state index contributed by atoms with van der Waals surface area (Å²) in [5.41, 5.74) is 0. The fraction of sp³-hybridized carbons (Fsp3) is 0.941. The van der Waals surface area contributed by atoms with Gasteiger partial charge in [0.2, 0.25) is 5.91 Å². The van der Waals surface area contributed by atoms with Crippen molar-refractivity contribution in [3.05, 3.63) is 0 Å². The third-order valence-electron chi connectivity index (χ3n) is 4.84. The van der Waals surface area contributed by atoms with Crippen LogP contribution in [-0.4, -0.2) is 48.6 Å². The van der Waals surface area contributed by atoms with E-state index in [1.54, 1.807) is 0 Å². The highest BCUT2D eigenvalue weighted by atomic mass is 16.2. The van der Waals surface area contributed by atoms with Crippen molar-refractivity contribution in [3.8, 4) is 0 Å². The van der Waals surface area contributed by atoms with E-state index in [1.807, 2.05) is 6.92 Å². The van der Waals surface area contributed by atoms with Gasteiger partial charge in [0.25, 0.3) is 0 Å². The van der Waals surface area contributed by atoms with Crippen LogP contribution in [0.2, 0.25) is 0 Å². The van der Waals surface area contributed by atoms with Gasteiger partial charge in [0.15, 0.2) is 0 Å². The van der Waals surface area contributed by atoms with Gasteiger partial charge in [0.05, 0.1) is 6.04 Å². The molecule has 0 aromatic carbocycles. The molecule has 0 radical (unpaired) electrons. The largest absolute Gasteiger partial charge is 0.352 e. The van der Waals surface area contributed by atoms with E-state index >= 15 is 0 Å². The summed E-state index contributed by atoms with van der Waals surface area (Å²) in [6.07, 6.45) is 4.63. The third kappa shape index (κ3) is 5.95. The Balaban J connectivity index is 2.49. The number of carbonyl (C=O) groups is 1. The van der Waals surface area contributed by atoms with E-state index in [4.69, 9.17) is 0 Å². The number of nitrogens with zero attached hydrogens (tertiary/aromatic N) is 1. The van der Waals surface area contributed by atoms with E-state index in [9.17, 15) is 4.79 Å². The number of rotatable bonds is 8. The van der Waals surface area contributed by atoms with Gasteiger partial charge < -0.3 is 10.6 Å². The van der Waals surface area contributed by atoms with Gasteiger partial charge in [-0.05, 0) is 65.5 Å². The van der Waals surface area contributed by atoms with Crippen molar-refractivity contribution in [2.75, 3.05) is 19.6 Å². The Labute approximate surface area is 131 Å². The first-order valence-electron chi connectivity index (χ1n) is 8.77. The van der Waals surface area contributed by atoms with Crippen LogP contribution in [0.25, 0.3) is 0 Å². The lowest BCUT2D eigenvalue weighted by Gasteiger charge is -2.39. The maximum Gasteiger partial charge on any atom is 0.237 e. The topological polar surface area (TPSA) is 44.4 Å². The maximum absolute atomic E-state index is 12.3. The quantitative estimate of drug-likeness (QED) is 0.723. The van der Waals surface area contributed by atoms with Crippen LogP contribution in [0.3, 0.4) is 0 Å². The molecule has 21 heavy (non-hydrogen) atoms. The summed E-state index contributed by atoms with van der Waals surface area (Å²) in [6, 6.07) is 0.795. The lowest BCUT2D eigenvalue weighted by atomic mass is 9.90. The first-order valence-corrected chi connectivity index (χ1v) is 8.77. The Kier molecular flexibility index (Phi) is 8.27. The molecule has 1 saturated heterocycles. The summed E-state index contributed by atoms with van der Waals surface area (Å²) < 4.78 is 0. The normalized spacial score (nSPS) is 24.3. The molecule has 0 aromatic heterocycles. The minimum absolute atomic E-state index is 0.0137. The van der Waals surface area contributed by atoms with E-state index in [0.29, 0.717) is 12.0 Å². The Hall–Kier alpha value is -0.610. The molecule has 1 rings (SSSR count). The molecule has 4 nitrogen and oxygen atoms in total. The van der Waals surface area contributed by atoms with E-state index in [0.717, 1.165) is 26.1 Å². The number of carbonyl (C=O) groups excluding carboxylic acids is 1. The molecule has 0 aromatic rings. The van der Waals surface area contributed by atoms with Gasteiger partial charge in [-0.1, -0.05) is 13.8 Å². The maximum atomic E-state index is 12.3. The third-order valence-corrected chi connectivity index (χ3v) is 4.84. The zero-order valence-electron chi connectivity index (χ0n) is 14.6. The predicted octanol–water partition coefficient (Wildman–Crippen LogP) is 2.39. The molecule has 1 amide bonds. The minimum Gasteiger partial charge on any atom is -0.352 e. The molecule has 2 N–H and O–H groups in total. The SMILES string of the molecule is CCCNC(C)C1CCCN(C(C)C(=O)NC(C)CC)C1. The molecular formula is C17H35N3O. The van der Waals surface area contributed by atoms with Crippen molar-refractivity contribution < 1.29 is 4.79 Å². The molecule has 4 unspecified atom stereocenters. The second-order valence-corrected chi connectivity index (χ2v) is 6.63. The molecule has 1 heterocycles. The fourth-order valence-electron chi connectivity index (χ4n) is 2.97. The van der Waals surface area contributed by atoms with Crippen LogP contribution in [0.1, 0.15) is 60.3 Å². The standard InChI is InChI=1S/C17H35N3O/c1-6-10-18-14(4)16-9-8-11-20(12-16)15(5)17(21)19-13(3)7-2/h13-16,18H,6-12H2,1-5H3,(H,19,21). The first kappa shape index (κ1) is 18.4. The number of likely N-dealkylation sites (tertiary alicyclic amines) is 1. The molecule has 1 aliphatic heterocycles. The Morgan fingerprint density at radius 1 is 1.29 bits per heavy atom. The van der Waals surface area contributed by atoms with Crippen molar-refractivity contribution in [2.24, 2.45) is 5.92 Å². The molecule has 4 atom stereocenters. The van der Waals surface area contributed by atoms with Crippen LogP contribution in [0, 0.1) is 5.92 Å². The zero-order valence-corrected chi connectivity index (χ0v) is 14.6. The number of piperidine rings is 1. The molecule has 0 spiro atoms. The van der Waals surface area contributed by atoms with Crippen LogP contribution >= 0.6 is 0 Å². The monoisotopic (exact) mass is 297 g/mol. The van der Waals surface area contributed by atoms with Crippen molar-refractivity contribution in [3.63, 3.8) is 0 Å². The van der Waals surface area contributed by atoms with Gasteiger partial charge >= 0.3 is 0 Å². The predicted molar refractivity (Wildman–Crippen MR) is 89.4 cm³/mol. The molecule has 4 heteroatoms. The molecule has 1 fully saturated rings. The fourth-order valence-corrected chi connectivity index (χ4v) is 2.97. The number of nitrogens with one attached hydrogen (secondary N) is 2. The molecule has 0 aliphatic carbocycles. The van der Waals surface area contributed by atoms with E-state index in [1.165, 1.54) is 19.3 Å². The molecular weight excluding hydrogens is 262 g/mol. The van der Waals surface area contributed by atoms with E-state index in [2.05, 4.69) is 43.2 Å². The van der Waals surface area contributed by atoms with Crippen LogP contribution in [0.5, 0.6) is 0 Å². The van der Waals surface area contributed by atoms with Crippen LogP contribution in [0.4, 0.5) is 0 Å². The van der Waals surface area contributed by atoms with Crippen molar-refractivity contribution >= 4 is 5.91 Å². The zero-order chi connectivity index (χ0) is 15.8. The summed E-state index contributed by atoms with van der Waals surface area (Å²) in [4.78, 5) is 14.6. The lowest BCUT2D eigenvalue weighted by molar-refractivity contribution is -0.127. The van der Waals surface area contributed by atoms with Crippen LogP contribution in [0.15, 0.2) is 0 Å². The highest BCUT2D eigenvalue weighted by Crippen LogP contribution is 2.21. The number of hydrogen-bond acceptors (Lipinski definition) is 3. The average Bonchev–Trinajstić information content (AvgIpc) is 2.51. The highest BCUT2D eigenvalue weighted by molar-refractivity contribution is 5.81. The van der Waals surface area contributed by atoms with Crippen LogP contribution in [-0.2, 0) is 4.79 Å². The summed E-state index contributed by atoms with van der Waals surface area (Å²) in [6.45, 7) is 13.9. The first-order chi connectivity index (χ1) is 9.99. The average molecular weight is 297 g/mol. The lowest BCUT2D eigenvalue weighted by Crippen LogP contribution is -2.53. The van der Waals surface area contributed by atoms with Gasteiger partial charge in [0, 0.05) is 18.6 Å². The number of hydrogen-bond donors (Lipinski definition) is 2.